The lowest BCUT2D eigenvalue weighted by atomic mass is 9.91. The molecule has 1 saturated carbocycles. The molecule has 32 heavy (non-hydrogen) atoms. The van der Waals surface area contributed by atoms with Crippen LogP contribution in [0.15, 0.2) is 36.5 Å². The number of nitrogens with zero attached hydrogens (tertiary/aromatic N) is 2. The van der Waals surface area contributed by atoms with E-state index < -0.39 is 17.7 Å². The highest BCUT2D eigenvalue weighted by Gasteiger charge is 2.45. The van der Waals surface area contributed by atoms with Gasteiger partial charge in [0.15, 0.2) is 0 Å². The summed E-state index contributed by atoms with van der Waals surface area (Å²) in [6.07, 6.45) is -1.79. The number of likely N-dealkylation sites (tertiary alicyclic amines) is 1. The maximum Gasteiger partial charge on any atom is 0.416 e. The van der Waals surface area contributed by atoms with E-state index in [1.54, 1.807) is 30.0 Å². The first kappa shape index (κ1) is 22.1. The third kappa shape index (κ3) is 4.28. The van der Waals surface area contributed by atoms with E-state index in [-0.39, 0.29) is 29.3 Å². The smallest absolute Gasteiger partial charge is 0.416 e. The van der Waals surface area contributed by atoms with Gasteiger partial charge < -0.3 is 15.0 Å². The molecule has 2 amide bonds. The summed E-state index contributed by atoms with van der Waals surface area (Å²) in [7, 11) is 1.25. The van der Waals surface area contributed by atoms with Crippen molar-refractivity contribution in [2.45, 2.75) is 31.9 Å². The third-order valence-electron chi connectivity index (χ3n) is 6.43. The van der Waals surface area contributed by atoms with E-state index in [1.165, 1.54) is 19.4 Å². The van der Waals surface area contributed by atoms with Crippen LogP contribution in [-0.4, -0.2) is 42.1 Å². The van der Waals surface area contributed by atoms with Gasteiger partial charge in [-0.2, -0.15) is 13.2 Å². The lowest BCUT2D eigenvalue weighted by Crippen LogP contribution is -2.34. The van der Waals surface area contributed by atoms with Crippen molar-refractivity contribution in [1.82, 2.24) is 9.88 Å². The zero-order chi connectivity index (χ0) is 23.0. The highest BCUT2D eigenvalue weighted by Crippen LogP contribution is 2.48. The Hall–Kier alpha value is -3.10. The standard InChI is InChI=1S/C23H24F3N3O3/c1-13-7-20(18(10-27-13)21(30)32-2)28-22(31)29-11-15-8-14(9-16(15)12-29)17-5-3-4-6-19(17)23(24,25)26/h3-7,10,14-16H,8-9,11-12H2,1-2H3,(H,27,28,31)/t14?,15-,16+. The first-order valence-electron chi connectivity index (χ1n) is 10.4. The van der Waals surface area contributed by atoms with Crippen LogP contribution in [0.5, 0.6) is 0 Å². The average molecular weight is 447 g/mol. The van der Waals surface area contributed by atoms with Gasteiger partial charge in [0, 0.05) is 25.0 Å². The number of halogens is 3. The molecule has 0 spiro atoms. The molecule has 1 N–H and O–H groups in total. The Morgan fingerprint density at radius 2 is 1.81 bits per heavy atom. The summed E-state index contributed by atoms with van der Waals surface area (Å²) < 4.78 is 45.0. The number of fused-ring (bicyclic) bond motifs is 1. The number of methoxy groups -OCH3 is 1. The Labute approximate surface area is 183 Å². The van der Waals surface area contributed by atoms with Gasteiger partial charge >= 0.3 is 18.2 Å². The molecule has 1 aromatic carbocycles. The number of aromatic nitrogens is 1. The molecule has 2 aromatic rings. The van der Waals surface area contributed by atoms with Crippen molar-refractivity contribution in [2.75, 3.05) is 25.5 Å². The lowest BCUT2D eigenvalue weighted by Gasteiger charge is -2.22. The molecular formula is C23H24F3N3O3. The van der Waals surface area contributed by atoms with E-state index in [1.807, 2.05) is 0 Å². The van der Waals surface area contributed by atoms with E-state index in [4.69, 9.17) is 4.74 Å². The van der Waals surface area contributed by atoms with Gasteiger partial charge in [0.2, 0.25) is 0 Å². The molecule has 1 unspecified atom stereocenters. The average Bonchev–Trinajstić information content (AvgIpc) is 3.32. The Kier molecular flexibility index (Phi) is 5.83. The summed E-state index contributed by atoms with van der Waals surface area (Å²) in [6, 6.07) is 7.02. The second kappa shape index (κ2) is 8.44. The van der Waals surface area contributed by atoms with Crippen molar-refractivity contribution < 1.29 is 27.5 Å². The topological polar surface area (TPSA) is 71.5 Å². The predicted molar refractivity (Wildman–Crippen MR) is 111 cm³/mol. The fourth-order valence-corrected chi connectivity index (χ4v) is 4.96. The first-order chi connectivity index (χ1) is 15.2. The summed E-state index contributed by atoms with van der Waals surface area (Å²) in [5.74, 6) is -0.475. The van der Waals surface area contributed by atoms with E-state index in [0.717, 1.165) is 6.07 Å². The third-order valence-corrected chi connectivity index (χ3v) is 6.43. The van der Waals surface area contributed by atoms with Gasteiger partial charge in [-0.1, -0.05) is 18.2 Å². The number of carbonyl (C=O) groups is 2. The van der Waals surface area contributed by atoms with E-state index in [0.29, 0.717) is 42.9 Å². The van der Waals surface area contributed by atoms with Crippen LogP contribution < -0.4 is 5.32 Å². The molecule has 2 fully saturated rings. The van der Waals surface area contributed by atoms with Crippen LogP contribution in [0.3, 0.4) is 0 Å². The van der Waals surface area contributed by atoms with Gasteiger partial charge in [-0.25, -0.2) is 9.59 Å². The van der Waals surface area contributed by atoms with Crippen molar-refractivity contribution in [3.63, 3.8) is 0 Å². The molecule has 3 atom stereocenters. The summed E-state index contributed by atoms with van der Waals surface area (Å²) in [5.41, 5.74) is 0.902. The number of anilines is 1. The Bertz CT molecular complexity index is 1030. The SMILES string of the molecule is COC(=O)c1cnc(C)cc1NC(=O)N1C[C@H]2CC(c3ccccc3C(F)(F)F)C[C@H]2C1. The van der Waals surface area contributed by atoms with Gasteiger partial charge in [0.25, 0.3) is 0 Å². The number of alkyl halides is 3. The van der Waals surface area contributed by atoms with E-state index in [9.17, 15) is 22.8 Å². The number of hydrogen-bond acceptors (Lipinski definition) is 4. The molecule has 0 radical (unpaired) electrons. The number of benzene rings is 1. The number of aryl methyl sites for hydroxylation is 1. The van der Waals surface area contributed by atoms with Crippen LogP contribution in [0.1, 0.15) is 45.9 Å². The molecular weight excluding hydrogens is 423 g/mol. The summed E-state index contributed by atoms with van der Waals surface area (Å²) in [5, 5.41) is 2.77. The number of nitrogens with one attached hydrogen (secondary N) is 1. The van der Waals surface area contributed by atoms with E-state index >= 15 is 0 Å². The minimum Gasteiger partial charge on any atom is -0.465 e. The number of esters is 1. The van der Waals surface area contributed by atoms with Crippen molar-refractivity contribution in [1.29, 1.82) is 0 Å². The number of hydrogen-bond donors (Lipinski definition) is 1. The van der Waals surface area contributed by atoms with Crippen LogP contribution in [0.2, 0.25) is 0 Å². The zero-order valence-electron chi connectivity index (χ0n) is 17.8. The van der Waals surface area contributed by atoms with Crippen molar-refractivity contribution in [3.8, 4) is 0 Å². The number of rotatable bonds is 3. The molecule has 2 heterocycles. The van der Waals surface area contributed by atoms with Gasteiger partial charge in [0.1, 0.15) is 5.56 Å². The number of pyridine rings is 1. The zero-order valence-corrected chi connectivity index (χ0v) is 17.8. The quantitative estimate of drug-likeness (QED) is 0.683. The highest BCUT2D eigenvalue weighted by atomic mass is 19.4. The fourth-order valence-electron chi connectivity index (χ4n) is 4.96. The molecule has 6 nitrogen and oxygen atoms in total. The van der Waals surface area contributed by atoms with Gasteiger partial charge in [0.05, 0.1) is 18.4 Å². The van der Waals surface area contributed by atoms with Crippen LogP contribution in [0.4, 0.5) is 23.7 Å². The predicted octanol–water partition coefficient (Wildman–Crippen LogP) is 4.85. The van der Waals surface area contributed by atoms with Crippen LogP contribution in [-0.2, 0) is 10.9 Å². The van der Waals surface area contributed by atoms with Crippen LogP contribution in [0.25, 0.3) is 0 Å². The lowest BCUT2D eigenvalue weighted by molar-refractivity contribution is -0.138. The normalized spacial score (nSPS) is 22.5. The number of urea groups is 1. The van der Waals surface area contributed by atoms with Gasteiger partial charge in [-0.05, 0) is 55.2 Å². The molecule has 2 aliphatic rings. The molecule has 1 aliphatic carbocycles. The molecule has 0 bridgehead atoms. The summed E-state index contributed by atoms with van der Waals surface area (Å²) in [6.45, 7) is 2.69. The largest absolute Gasteiger partial charge is 0.465 e. The Morgan fingerprint density at radius 1 is 1.16 bits per heavy atom. The number of ether oxygens (including phenoxy) is 1. The van der Waals surface area contributed by atoms with Crippen LogP contribution >= 0.6 is 0 Å². The monoisotopic (exact) mass is 447 g/mol. The number of amides is 2. The molecule has 4 rings (SSSR count). The fraction of sp³-hybridized carbons (Fsp3) is 0.435. The van der Waals surface area contributed by atoms with Gasteiger partial charge in [-0.3, -0.25) is 4.98 Å². The number of carbonyl (C=O) groups excluding carboxylic acids is 2. The Balaban J connectivity index is 1.43. The highest BCUT2D eigenvalue weighted by molar-refractivity contribution is 6.00. The summed E-state index contributed by atoms with van der Waals surface area (Å²) >= 11 is 0. The first-order valence-corrected chi connectivity index (χ1v) is 10.4. The molecule has 1 aliphatic heterocycles. The van der Waals surface area contributed by atoms with E-state index in [2.05, 4.69) is 10.3 Å². The van der Waals surface area contributed by atoms with Crippen LogP contribution in [0, 0.1) is 18.8 Å². The second-order valence-electron chi connectivity index (χ2n) is 8.47. The minimum atomic E-state index is -4.37. The van der Waals surface area contributed by atoms with Gasteiger partial charge in [-0.15, -0.1) is 0 Å². The Morgan fingerprint density at radius 3 is 2.44 bits per heavy atom. The summed E-state index contributed by atoms with van der Waals surface area (Å²) in [4.78, 5) is 30.6. The second-order valence-corrected chi connectivity index (χ2v) is 8.47. The minimum absolute atomic E-state index is 0.145. The molecule has 170 valence electrons. The molecule has 1 aromatic heterocycles. The molecule has 9 heteroatoms. The van der Waals surface area contributed by atoms with Crippen molar-refractivity contribution >= 4 is 17.7 Å². The van der Waals surface area contributed by atoms with Crippen molar-refractivity contribution in [3.05, 3.63) is 58.9 Å². The van der Waals surface area contributed by atoms with Crippen molar-refractivity contribution in [2.24, 2.45) is 11.8 Å². The maximum absolute atomic E-state index is 13.4. The maximum atomic E-state index is 13.4. The molecule has 1 saturated heterocycles.